The molecule has 0 saturated carbocycles. The second-order valence-corrected chi connectivity index (χ2v) is 21.8. The third-order valence-corrected chi connectivity index (χ3v) is 14.1. The Morgan fingerprint density at radius 2 is 1.39 bits per heavy atom. The molecule has 2 aliphatic rings. The van der Waals surface area contributed by atoms with E-state index in [0.717, 1.165) is 28.3 Å². The molecule has 0 bridgehead atoms. The van der Waals surface area contributed by atoms with Gasteiger partial charge in [-0.3, -0.25) is 4.79 Å². The van der Waals surface area contributed by atoms with Crippen LogP contribution < -0.4 is 0 Å². The number of hydrogen-bond donors (Lipinski definition) is 1. The Bertz CT molecular complexity index is 1450. The first-order valence-corrected chi connectivity index (χ1v) is 19.5. The molecule has 11 heteroatoms. The zero-order chi connectivity index (χ0) is 34.1. The first-order chi connectivity index (χ1) is 21.2. The number of rotatable bonds is 7. The van der Waals surface area contributed by atoms with Crippen LogP contribution in [0.4, 0.5) is 0 Å². The molecule has 3 aromatic rings. The average molecular weight is 668 g/mol. The predicted octanol–water partition coefficient (Wildman–Crippen LogP) is 8.79. The summed E-state index contributed by atoms with van der Waals surface area (Å²) in [6.07, 6.45) is 2.58. The molecule has 3 heterocycles. The SMILES string of the molecule is CC(C)(CO[Si](C)(C)C(C)(C)C)c1ccc(-c2cc3c(C=O)c[nH]c3cc2Cl)cc1.CC1(C)COB(B2OCC(C)(C)CO2)OC1. The van der Waals surface area contributed by atoms with Gasteiger partial charge in [-0.25, -0.2) is 0 Å². The van der Waals surface area contributed by atoms with Gasteiger partial charge < -0.3 is 28.0 Å². The maximum absolute atomic E-state index is 11.3. The van der Waals surface area contributed by atoms with E-state index in [-0.39, 0.29) is 35.3 Å². The van der Waals surface area contributed by atoms with E-state index in [1.165, 1.54) is 5.56 Å². The molecule has 0 radical (unpaired) electrons. The number of benzene rings is 2. The van der Waals surface area contributed by atoms with Crippen LogP contribution >= 0.6 is 11.6 Å². The lowest BCUT2D eigenvalue weighted by molar-refractivity contribution is 0.00624. The summed E-state index contributed by atoms with van der Waals surface area (Å²) in [5, 5.41) is 1.74. The molecule has 2 aliphatic heterocycles. The quantitative estimate of drug-likeness (QED) is 0.201. The number of hydrogen-bond acceptors (Lipinski definition) is 6. The molecule has 1 aromatic heterocycles. The van der Waals surface area contributed by atoms with E-state index in [9.17, 15) is 4.79 Å². The van der Waals surface area contributed by atoms with Crippen molar-refractivity contribution in [2.75, 3.05) is 33.0 Å². The number of carbonyl (C=O) groups excluding carboxylic acids is 1. The van der Waals surface area contributed by atoms with E-state index >= 15 is 0 Å². The molecule has 7 nitrogen and oxygen atoms in total. The molecular formula is C35H52B2ClNO6Si. The first-order valence-electron chi connectivity index (χ1n) is 16.2. The van der Waals surface area contributed by atoms with Crippen LogP contribution in [0, 0.1) is 10.8 Å². The molecular weight excluding hydrogens is 616 g/mol. The highest BCUT2D eigenvalue weighted by Crippen LogP contribution is 2.39. The number of H-pyrrole nitrogens is 1. The number of carbonyl (C=O) groups is 1. The molecule has 0 amide bonds. The van der Waals surface area contributed by atoms with Crippen molar-refractivity contribution in [3.8, 4) is 11.1 Å². The van der Waals surface area contributed by atoms with E-state index in [4.69, 9.17) is 34.6 Å². The van der Waals surface area contributed by atoms with Gasteiger partial charge in [-0.1, -0.05) is 98.2 Å². The Balaban J connectivity index is 0.000000252. The molecule has 250 valence electrons. The largest absolute Gasteiger partial charge is 0.488 e. The third-order valence-electron chi connectivity index (χ3n) is 9.28. The van der Waals surface area contributed by atoms with Gasteiger partial charge in [-0.2, -0.15) is 0 Å². The summed E-state index contributed by atoms with van der Waals surface area (Å²) in [6.45, 7) is 27.7. The van der Waals surface area contributed by atoms with Gasteiger partial charge in [0.2, 0.25) is 0 Å². The zero-order valence-electron chi connectivity index (χ0n) is 29.6. The normalized spacial score (nSPS) is 18.7. The summed E-state index contributed by atoms with van der Waals surface area (Å²) in [5.41, 5.74) is 4.79. The van der Waals surface area contributed by atoms with Gasteiger partial charge in [0.25, 0.3) is 0 Å². The van der Waals surface area contributed by atoms with Gasteiger partial charge >= 0.3 is 14.0 Å². The third kappa shape index (κ3) is 8.95. The van der Waals surface area contributed by atoms with Crippen LogP contribution in [0.25, 0.3) is 22.0 Å². The van der Waals surface area contributed by atoms with Crippen molar-refractivity contribution < 1.29 is 27.8 Å². The Morgan fingerprint density at radius 1 is 0.891 bits per heavy atom. The number of halogens is 1. The van der Waals surface area contributed by atoms with Crippen molar-refractivity contribution >= 4 is 51.1 Å². The second-order valence-electron chi connectivity index (χ2n) is 16.6. The number of aromatic amines is 1. The van der Waals surface area contributed by atoms with E-state index in [1.807, 2.05) is 12.1 Å². The lowest BCUT2D eigenvalue weighted by Crippen LogP contribution is -2.56. The second kappa shape index (κ2) is 13.9. The van der Waals surface area contributed by atoms with Gasteiger partial charge in [0.05, 0.1) is 5.02 Å². The Hall–Kier alpha value is -1.91. The van der Waals surface area contributed by atoms with Gasteiger partial charge in [0.1, 0.15) is 0 Å². The van der Waals surface area contributed by atoms with E-state index in [1.54, 1.807) is 6.20 Å². The highest BCUT2D eigenvalue weighted by atomic mass is 35.5. The molecule has 5 rings (SSSR count). The van der Waals surface area contributed by atoms with Crippen LogP contribution in [0.3, 0.4) is 0 Å². The van der Waals surface area contributed by atoms with Crippen molar-refractivity contribution in [2.45, 2.75) is 85.9 Å². The minimum atomic E-state index is -1.80. The highest BCUT2D eigenvalue weighted by Gasteiger charge is 2.47. The van der Waals surface area contributed by atoms with Crippen LogP contribution in [0.2, 0.25) is 23.2 Å². The van der Waals surface area contributed by atoms with Crippen LogP contribution in [-0.4, -0.2) is 66.6 Å². The summed E-state index contributed by atoms with van der Waals surface area (Å²) in [6, 6.07) is 12.4. The van der Waals surface area contributed by atoms with Gasteiger partial charge in [-0.05, 0) is 41.4 Å². The molecule has 1 N–H and O–H groups in total. The molecule has 2 aromatic carbocycles. The maximum atomic E-state index is 11.3. The van der Waals surface area contributed by atoms with Crippen LogP contribution in [0.15, 0.2) is 42.6 Å². The number of aromatic nitrogens is 1. The van der Waals surface area contributed by atoms with Crippen LogP contribution in [-0.2, 0) is 28.5 Å². The lowest BCUT2D eigenvalue weighted by atomic mass is 9.47. The fourth-order valence-electron chi connectivity index (χ4n) is 4.97. The Morgan fingerprint density at radius 3 is 1.85 bits per heavy atom. The Kier molecular flexibility index (Phi) is 11.2. The number of fused-ring (bicyclic) bond motifs is 1. The standard InChI is InChI=1S/C25H32ClNO2Si.C10H20B2O4/c1-24(2,3)30(6,7)29-16-25(4,5)19-10-8-17(9-11-19)20-12-21-18(15-28)14-27-23(21)13-22(20)26;1-9(2)5-13-11(14-6-9)12-15-7-10(3,4)8-16-12/h8-15,27H,16H2,1-7H3;5-8H2,1-4H3. The van der Waals surface area contributed by atoms with Crippen molar-refractivity contribution in [1.82, 2.24) is 4.98 Å². The number of nitrogens with one attached hydrogen (secondary N) is 1. The van der Waals surface area contributed by atoms with Crippen molar-refractivity contribution in [2.24, 2.45) is 10.8 Å². The van der Waals surface area contributed by atoms with Crippen LogP contribution in [0.1, 0.15) is 78.2 Å². The molecule has 2 fully saturated rings. The molecule has 46 heavy (non-hydrogen) atoms. The lowest BCUT2D eigenvalue weighted by Gasteiger charge is -2.39. The van der Waals surface area contributed by atoms with Gasteiger partial charge in [0, 0.05) is 77.5 Å². The number of aldehydes is 1. The molecule has 0 atom stereocenters. The van der Waals surface area contributed by atoms with Crippen molar-refractivity contribution in [3.05, 3.63) is 58.7 Å². The molecule has 0 aliphatic carbocycles. The molecule has 2 saturated heterocycles. The summed E-state index contributed by atoms with van der Waals surface area (Å²) in [4.78, 5) is 14.4. The van der Waals surface area contributed by atoms with E-state index < -0.39 is 8.32 Å². The minimum absolute atomic E-state index is 0.0877. The zero-order valence-corrected chi connectivity index (χ0v) is 31.4. The Labute approximate surface area is 282 Å². The predicted molar refractivity (Wildman–Crippen MR) is 193 cm³/mol. The van der Waals surface area contributed by atoms with Crippen molar-refractivity contribution in [3.63, 3.8) is 0 Å². The smallest absolute Gasteiger partial charge is 0.416 e. The highest BCUT2D eigenvalue weighted by molar-refractivity contribution is 7.10. The fraction of sp³-hybridized carbons (Fsp3) is 0.571. The molecule has 0 spiro atoms. The summed E-state index contributed by atoms with van der Waals surface area (Å²) in [5.74, 6) is 0. The van der Waals surface area contributed by atoms with Crippen LogP contribution in [0.5, 0.6) is 0 Å². The first kappa shape index (κ1) is 36.9. The monoisotopic (exact) mass is 667 g/mol. The van der Waals surface area contributed by atoms with E-state index in [0.29, 0.717) is 43.6 Å². The maximum Gasteiger partial charge on any atom is 0.488 e. The summed E-state index contributed by atoms with van der Waals surface area (Å²) >= 11 is 6.54. The van der Waals surface area contributed by atoms with Gasteiger partial charge in [-0.15, -0.1) is 0 Å². The van der Waals surface area contributed by atoms with E-state index in [2.05, 4.69) is 105 Å². The summed E-state index contributed by atoms with van der Waals surface area (Å²) < 4.78 is 29.0. The minimum Gasteiger partial charge on any atom is -0.416 e. The van der Waals surface area contributed by atoms with Crippen molar-refractivity contribution in [1.29, 1.82) is 0 Å². The topological polar surface area (TPSA) is 79.0 Å². The summed E-state index contributed by atoms with van der Waals surface area (Å²) in [7, 11) is -2.54. The van der Waals surface area contributed by atoms with Gasteiger partial charge in [0.15, 0.2) is 14.6 Å². The molecule has 0 unspecified atom stereocenters. The fourth-order valence-corrected chi connectivity index (χ4v) is 6.40. The average Bonchev–Trinajstić information content (AvgIpc) is 3.37.